The summed E-state index contributed by atoms with van der Waals surface area (Å²) < 4.78 is 0. The molecule has 0 saturated carbocycles. The van der Waals surface area contributed by atoms with Crippen LogP contribution < -0.4 is 10.9 Å². The summed E-state index contributed by atoms with van der Waals surface area (Å²) in [6.07, 6.45) is 0. The van der Waals surface area contributed by atoms with Gasteiger partial charge in [-0.25, -0.2) is 0 Å². The molecule has 0 atom stereocenters. The lowest BCUT2D eigenvalue weighted by Gasteiger charge is -2.04. The Bertz CT molecular complexity index is 440. The minimum Gasteiger partial charge on any atom is -0.450 e. The number of hydrogen-bond donors (Lipinski definition) is 2. The number of benzene rings is 2. The molecule has 2 aromatic carbocycles. The van der Waals surface area contributed by atoms with Crippen molar-refractivity contribution in [2.45, 2.75) is 0 Å². The van der Waals surface area contributed by atoms with Gasteiger partial charge in [0.2, 0.25) is 0 Å². The van der Waals surface area contributed by atoms with Crippen molar-refractivity contribution in [2.75, 3.05) is 0 Å². The van der Waals surface area contributed by atoms with Gasteiger partial charge in [-0.1, -0.05) is 59.5 Å². The second-order valence-corrected chi connectivity index (χ2v) is 3.51. The normalized spacial score (nSPS) is 9.88. The Morgan fingerprint density at radius 1 is 0.688 bits per heavy atom. The second-order valence-electron chi connectivity index (χ2n) is 3.51. The summed E-state index contributed by atoms with van der Waals surface area (Å²) in [5, 5.41) is 17.9. The summed E-state index contributed by atoms with van der Waals surface area (Å²) >= 11 is 0. The molecular formula is C12H10B2O2. The van der Waals surface area contributed by atoms with E-state index in [0.717, 1.165) is 37.0 Å². The summed E-state index contributed by atoms with van der Waals surface area (Å²) in [5.41, 5.74) is 3.53. The molecule has 0 fully saturated rings. The van der Waals surface area contributed by atoms with Crippen molar-refractivity contribution in [1.29, 1.82) is 0 Å². The molecule has 0 aromatic heterocycles. The lowest BCUT2D eigenvalue weighted by molar-refractivity contribution is 0.614. The summed E-state index contributed by atoms with van der Waals surface area (Å²) in [5.74, 6) is 0. The largest absolute Gasteiger partial charge is 0.450 e. The first-order valence-corrected chi connectivity index (χ1v) is 4.99. The fourth-order valence-corrected chi connectivity index (χ4v) is 1.60. The van der Waals surface area contributed by atoms with Crippen molar-refractivity contribution in [2.24, 2.45) is 0 Å². The number of hydrogen-bond acceptors (Lipinski definition) is 2. The summed E-state index contributed by atoms with van der Waals surface area (Å²) in [6, 6.07) is 15.1. The fourth-order valence-electron chi connectivity index (χ4n) is 1.60. The van der Waals surface area contributed by atoms with Crippen LogP contribution in [0.2, 0.25) is 0 Å². The predicted octanol–water partition coefficient (Wildman–Crippen LogP) is -0.173. The molecule has 0 bridgehead atoms. The van der Waals surface area contributed by atoms with Crippen LogP contribution in [0.15, 0.2) is 48.5 Å². The molecule has 4 heteroatoms. The van der Waals surface area contributed by atoms with E-state index < -0.39 is 0 Å². The maximum Gasteiger partial charge on any atom is 0.326 e. The van der Waals surface area contributed by atoms with Gasteiger partial charge in [0.25, 0.3) is 0 Å². The van der Waals surface area contributed by atoms with Crippen LogP contribution in [0.25, 0.3) is 11.1 Å². The third kappa shape index (κ3) is 2.35. The third-order valence-electron chi connectivity index (χ3n) is 2.40. The molecule has 0 aliphatic heterocycles. The van der Waals surface area contributed by atoms with Crippen molar-refractivity contribution < 1.29 is 10.0 Å². The molecule has 0 saturated heterocycles. The van der Waals surface area contributed by atoms with Crippen LogP contribution in [-0.4, -0.2) is 25.0 Å². The highest BCUT2D eigenvalue weighted by atomic mass is 16.2. The third-order valence-corrected chi connectivity index (χ3v) is 2.40. The molecule has 2 aromatic rings. The van der Waals surface area contributed by atoms with Crippen LogP contribution in [0.3, 0.4) is 0 Å². The Balaban J connectivity index is 2.41. The minimum absolute atomic E-state index is 0.760. The average Bonchev–Trinajstić information content (AvgIpc) is 2.39. The molecule has 16 heavy (non-hydrogen) atoms. The van der Waals surface area contributed by atoms with Gasteiger partial charge in [-0.05, 0) is 11.1 Å². The SMILES string of the molecule is O[B]c1cccc(-c2cccc([B]O)c2)c1. The van der Waals surface area contributed by atoms with Crippen molar-refractivity contribution in [3.05, 3.63) is 48.5 Å². The van der Waals surface area contributed by atoms with Crippen molar-refractivity contribution >= 4 is 25.9 Å². The zero-order valence-corrected chi connectivity index (χ0v) is 8.67. The minimum atomic E-state index is 0.760. The van der Waals surface area contributed by atoms with Crippen LogP contribution in [-0.2, 0) is 0 Å². The second kappa shape index (κ2) is 5.01. The van der Waals surface area contributed by atoms with Gasteiger partial charge in [0.15, 0.2) is 0 Å². The molecule has 2 N–H and O–H groups in total. The molecule has 0 spiro atoms. The molecule has 0 amide bonds. The van der Waals surface area contributed by atoms with E-state index in [1.807, 2.05) is 48.5 Å². The van der Waals surface area contributed by atoms with Crippen molar-refractivity contribution in [1.82, 2.24) is 0 Å². The molecule has 76 valence electrons. The van der Waals surface area contributed by atoms with Crippen LogP contribution in [0, 0.1) is 0 Å². The Kier molecular flexibility index (Phi) is 3.44. The highest BCUT2D eigenvalue weighted by molar-refractivity contribution is 6.46. The monoisotopic (exact) mass is 208 g/mol. The first-order chi connectivity index (χ1) is 7.83. The lowest BCUT2D eigenvalue weighted by Crippen LogP contribution is -2.14. The van der Waals surface area contributed by atoms with E-state index in [9.17, 15) is 0 Å². The molecule has 0 heterocycles. The van der Waals surface area contributed by atoms with E-state index >= 15 is 0 Å². The van der Waals surface area contributed by atoms with Crippen LogP contribution in [0.5, 0.6) is 0 Å². The van der Waals surface area contributed by atoms with Crippen LogP contribution in [0.4, 0.5) is 0 Å². The Morgan fingerprint density at radius 2 is 1.12 bits per heavy atom. The quantitative estimate of drug-likeness (QED) is 0.687. The topological polar surface area (TPSA) is 40.5 Å². The van der Waals surface area contributed by atoms with Crippen LogP contribution >= 0.6 is 0 Å². The summed E-state index contributed by atoms with van der Waals surface area (Å²) in [7, 11) is 2.15. The van der Waals surface area contributed by atoms with E-state index in [0.29, 0.717) is 0 Å². The number of rotatable bonds is 3. The highest BCUT2D eigenvalue weighted by Gasteiger charge is 2.01. The zero-order chi connectivity index (χ0) is 11.4. The summed E-state index contributed by atoms with van der Waals surface area (Å²) in [6.45, 7) is 0. The van der Waals surface area contributed by atoms with Crippen molar-refractivity contribution in [3.63, 3.8) is 0 Å². The van der Waals surface area contributed by atoms with E-state index in [1.165, 1.54) is 0 Å². The van der Waals surface area contributed by atoms with Crippen molar-refractivity contribution in [3.8, 4) is 11.1 Å². The fraction of sp³-hybridized carbons (Fsp3) is 0. The molecule has 0 unspecified atom stereocenters. The first kappa shape index (κ1) is 11.0. The van der Waals surface area contributed by atoms with Gasteiger partial charge in [0, 0.05) is 0 Å². The first-order valence-electron chi connectivity index (χ1n) is 4.99. The van der Waals surface area contributed by atoms with E-state index in [4.69, 9.17) is 10.0 Å². The van der Waals surface area contributed by atoms with Gasteiger partial charge in [-0.15, -0.1) is 0 Å². The van der Waals surface area contributed by atoms with E-state index in [2.05, 4.69) is 0 Å². The average molecular weight is 208 g/mol. The molecule has 0 aliphatic rings. The lowest BCUT2D eigenvalue weighted by atomic mass is 9.84. The smallest absolute Gasteiger partial charge is 0.326 e. The maximum atomic E-state index is 8.94. The standard InChI is InChI=1S/C12H10B2O2/c15-13-11-5-1-3-9(7-11)10-4-2-6-12(8-10)14-16/h1-8,15-16H. The molecule has 2 radical (unpaired) electrons. The molecule has 0 aliphatic carbocycles. The maximum absolute atomic E-state index is 8.94. The molecule has 2 rings (SSSR count). The van der Waals surface area contributed by atoms with Gasteiger partial charge in [0.05, 0.1) is 0 Å². The van der Waals surface area contributed by atoms with E-state index in [-0.39, 0.29) is 0 Å². The highest BCUT2D eigenvalue weighted by Crippen LogP contribution is 2.15. The van der Waals surface area contributed by atoms with E-state index in [1.54, 1.807) is 0 Å². The summed E-state index contributed by atoms with van der Waals surface area (Å²) in [4.78, 5) is 0. The van der Waals surface area contributed by atoms with Gasteiger partial charge in [-0.3, -0.25) is 0 Å². The van der Waals surface area contributed by atoms with Gasteiger partial charge >= 0.3 is 15.0 Å². The zero-order valence-electron chi connectivity index (χ0n) is 8.67. The van der Waals surface area contributed by atoms with Gasteiger partial charge < -0.3 is 10.0 Å². The molecular weight excluding hydrogens is 198 g/mol. The molecule has 2 nitrogen and oxygen atoms in total. The Morgan fingerprint density at radius 3 is 1.50 bits per heavy atom. The Hall–Kier alpha value is -1.51. The Labute approximate surface area is 96.1 Å². The van der Waals surface area contributed by atoms with Gasteiger partial charge in [-0.2, -0.15) is 0 Å². The predicted molar refractivity (Wildman–Crippen MR) is 67.1 cm³/mol. The van der Waals surface area contributed by atoms with Gasteiger partial charge in [0.1, 0.15) is 0 Å². The van der Waals surface area contributed by atoms with Crippen LogP contribution in [0.1, 0.15) is 0 Å².